The van der Waals surface area contributed by atoms with Crippen molar-refractivity contribution in [2.45, 2.75) is 50.6 Å². The summed E-state index contributed by atoms with van der Waals surface area (Å²) < 4.78 is 30.5. The summed E-state index contributed by atoms with van der Waals surface area (Å²) in [5.41, 5.74) is 5.88. The molecule has 0 saturated carbocycles. The minimum Gasteiger partial charge on any atom is -0.346 e. The van der Waals surface area contributed by atoms with Gasteiger partial charge in [0.05, 0.1) is 11.4 Å². The van der Waals surface area contributed by atoms with Gasteiger partial charge in [-0.05, 0) is 79.1 Å². The highest BCUT2D eigenvalue weighted by atomic mass is 32.2. The van der Waals surface area contributed by atoms with Gasteiger partial charge >= 0.3 is 0 Å². The zero-order chi connectivity index (χ0) is 19.6. The topological polar surface area (TPSA) is 51.1 Å². The third-order valence-electron chi connectivity index (χ3n) is 5.60. The highest BCUT2D eigenvalue weighted by Gasteiger charge is 2.18. The number of aromatic nitrogens is 1. The summed E-state index contributed by atoms with van der Waals surface area (Å²) >= 11 is 0. The maximum Gasteiger partial charge on any atom is 0.240 e. The van der Waals surface area contributed by atoms with Crippen LogP contribution in [0.1, 0.15) is 40.8 Å². The van der Waals surface area contributed by atoms with Gasteiger partial charge in [0, 0.05) is 18.4 Å². The Morgan fingerprint density at radius 3 is 2.57 bits per heavy atom. The van der Waals surface area contributed by atoms with Gasteiger partial charge in [0.15, 0.2) is 0 Å². The highest BCUT2D eigenvalue weighted by Crippen LogP contribution is 2.24. The van der Waals surface area contributed by atoms with Gasteiger partial charge in [0.2, 0.25) is 10.0 Å². The van der Waals surface area contributed by atoms with Crippen molar-refractivity contribution < 1.29 is 8.42 Å². The zero-order valence-electron chi connectivity index (χ0n) is 16.2. The molecule has 1 aliphatic carbocycles. The molecule has 0 aliphatic heterocycles. The van der Waals surface area contributed by atoms with Crippen molar-refractivity contribution in [2.75, 3.05) is 0 Å². The molecule has 0 saturated heterocycles. The number of nitrogens with zero attached hydrogens (tertiary/aromatic N) is 1. The van der Waals surface area contributed by atoms with E-state index in [1.165, 1.54) is 28.7 Å². The average molecular weight is 395 g/mol. The fourth-order valence-electron chi connectivity index (χ4n) is 3.86. The van der Waals surface area contributed by atoms with Gasteiger partial charge in [-0.3, -0.25) is 0 Å². The Labute approximate surface area is 167 Å². The summed E-state index contributed by atoms with van der Waals surface area (Å²) in [6.07, 6.45) is 6.34. The molecule has 1 aromatic heterocycles. The molecule has 0 radical (unpaired) electrons. The quantitative estimate of drug-likeness (QED) is 0.681. The van der Waals surface area contributed by atoms with Gasteiger partial charge in [0.1, 0.15) is 0 Å². The molecule has 3 aromatic rings. The zero-order valence-corrected chi connectivity index (χ0v) is 17.0. The molecule has 28 heavy (non-hydrogen) atoms. The third-order valence-corrected chi connectivity index (χ3v) is 7.00. The van der Waals surface area contributed by atoms with E-state index in [9.17, 15) is 8.42 Å². The monoisotopic (exact) mass is 394 g/mol. The first kappa shape index (κ1) is 19.0. The summed E-state index contributed by atoms with van der Waals surface area (Å²) in [5.74, 6) is 0. The number of rotatable bonds is 6. The van der Waals surface area contributed by atoms with Gasteiger partial charge < -0.3 is 4.57 Å². The van der Waals surface area contributed by atoms with Crippen LogP contribution in [-0.4, -0.2) is 13.0 Å². The van der Waals surface area contributed by atoms with E-state index in [2.05, 4.69) is 28.3 Å². The van der Waals surface area contributed by atoms with Crippen LogP contribution in [0.4, 0.5) is 0 Å². The second-order valence-electron chi connectivity index (χ2n) is 7.52. The Hall–Kier alpha value is -2.37. The van der Waals surface area contributed by atoms with Crippen molar-refractivity contribution in [1.29, 1.82) is 0 Å². The van der Waals surface area contributed by atoms with Crippen LogP contribution < -0.4 is 4.72 Å². The van der Waals surface area contributed by atoms with Crippen LogP contribution in [0.25, 0.3) is 0 Å². The lowest BCUT2D eigenvalue weighted by molar-refractivity contribution is 0.577. The molecular weight excluding hydrogens is 368 g/mol. The molecule has 5 heteroatoms. The molecule has 0 bridgehead atoms. The SMILES string of the molecule is Cc1ccccc1Cn1cccc1CNS(=O)(=O)c1ccc2c(c1)CCCC2. The Kier molecular flexibility index (Phi) is 5.38. The second kappa shape index (κ2) is 7.94. The Morgan fingerprint density at radius 1 is 0.964 bits per heavy atom. The van der Waals surface area contributed by atoms with Crippen LogP contribution in [0.5, 0.6) is 0 Å². The number of hydrogen-bond acceptors (Lipinski definition) is 2. The molecule has 4 rings (SSSR count). The van der Waals surface area contributed by atoms with Gasteiger partial charge in [-0.1, -0.05) is 30.3 Å². The fraction of sp³-hybridized carbons (Fsp3) is 0.304. The average Bonchev–Trinajstić information content (AvgIpc) is 3.15. The number of fused-ring (bicyclic) bond motifs is 1. The van der Waals surface area contributed by atoms with Gasteiger partial charge in [-0.25, -0.2) is 13.1 Å². The number of hydrogen-bond donors (Lipinski definition) is 1. The maximum absolute atomic E-state index is 12.8. The number of benzene rings is 2. The molecule has 146 valence electrons. The first-order valence-corrected chi connectivity index (χ1v) is 11.3. The Balaban J connectivity index is 1.49. The molecule has 0 spiro atoms. The first-order chi connectivity index (χ1) is 13.5. The maximum atomic E-state index is 12.8. The van der Waals surface area contributed by atoms with Crippen LogP contribution in [0.15, 0.2) is 65.7 Å². The molecule has 1 N–H and O–H groups in total. The molecule has 1 aliphatic rings. The number of aryl methyl sites for hydroxylation is 3. The van der Waals surface area contributed by atoms with Crippen LogP contribution in [0.3, 0.4) is 0 Å². The summed E-state index contributed by atoms with van der Waals surface area (Å²) in [4.78, 5) is 0.366. The van der Waals surface area contributed by atoms with Crippen molar-refractivity contribution in [3.63, 3.8) is 0 Å². The van der Waals surface area contributed by atoms with E-state index in [-0.39, 0.29) is 6.54 Å². The van der Waals surface area contributed by atoms with E-state index < -0.39 is 10.0 Å². The standard InChI is InChI=1S/C23H26N2O2S/c1-18-7-2-3-10-21(18)17-25-14-6-11-22(25)16-24-28(26,27)23-13-12-19-8-4-5-9-20(19)15-23/h2-3,6-7,10-15,24H,4-5,8-9,16-17H2,1H3. The number of sulfonamides is 1. The molecule has 0 atom stereocenters. The minimum absolute atomic E-state index is 0.276. The molecular formula is C23H26N2O2S. The lowest BCUT2D eigenvalue weighted by Crippen LogP contribution is -2.25. The predicted octanol–water partition coefficient (Wildman–Crippen LogP) is 4.20. The molecule has 0 amide bonds. The van der Waals surface area contributed by atoms with E-state index in [4.69, 9.17) is 0 Å². The van der Waals surface area contributed by atoms with Gasteiger partial charge in [-0.2, -0.15) is 0 Å². The van der Waals surface area contributed by atoms with Crippen LogP contribution in [0, 0.1) is 6.92 Å². The Morgan fingerprint density at radius 2 is 1.75 bits per heavy atom. The molecule has 0 fully saturated rings. The van der Waals surface area contributed by atoms with Crippen molar-refractivity contribution >= 4 is 10.0 Å². The lowest BCUT2D eigenvalue weighted by Gasteiger charge is -2.17. The highest BCUT2D eigenvalue weighted by molar-refractivity contribution is 7.89. The summed E-state index contributed by atoms with van der Waals surface area (Å²) in [5, 5.41) is 0. The van der Waals surface area contributed by atoms with E-state index in [0.717, 1.165) is 31.5 Å². The first-order valence-electron chi connectivity index (χ1n) is 9.83. The summed E-state index contributed by atoms with van der Waals surface area (Å²) in [7, 11) is -3.53. The van der Waals surface area contributed by atoms with Gasteiger partial charge in [-0.15, -0.1) is 0 Å². The largest absolute Gasteiger partial charge is 0.346 e. The fourth-order valence-corrected chi connectivity index (χ4v) is 4.91. The molecule has 4 nitrogen and oxygen atoms in total. The number of nitrogens with one attached hydrogen (secondary N) is 1. The van der Waals surface area contributed by atoms with E-state index in [0.29, 0.717) is 4.90 Å². The lowest BCUT2D eigenvalue weighted by atomic mass is 9.92. The van der Waals surface area contributed by atoms with Crippen molar-refractivity contribution in [3.8, 4) is 0 Å². The summed E-state index contributed by atoms with van der Waals surface area (Å²) in [6, 6.07) is 17.8. The third kappa shape index (κ3) is 4.05. The van der Waals surface area contributed by atoms with Crippen LogP contribution in [-0.2, 0) is 36.0 Å². The minimum atomic E-state index is -3.53. The smallest absolute Gasteiger partial charge is 0.240 e. The van der Waals surface area contributed by atoms with Gasteiger partial charge in [0.25, 0.3) is 0 Å². The van der Waals surface area contributed by atoms with Crippen LogP contribution in [0.2, 0.25) is 0 Å². The summed E-state index contributed by atoms with van der Waals surface area (Å²) in [6.45, 7) is 3.10. The van der Waals surface area contributed by atoms with E-state index in [1.54, 1.807) is 6.07 Å². The molecule has 1 heterocycles. The van der Waals surface area contributed by atoms with E-state index >= 15 is 0 Å². The molecule has 0 unspecified atom stereocenters. The van der Waals surface area contributed by atoms with Crippen molar-refractivity contribution in [1.82, 2.24) is 9.29 Å². The predicted molar refractivity (Wildman–Crippen MR) is 112 cm³/mol. The Bertz CT molecular complexity index is 1080. The molecule has 2 aromatic carbocycles. The van der Waals surface area contributed by atoms with Crippen molar-refractivity contribution in [2.24, 2.45) is 0 Å². The second-order valence-corrected chi connectivity index (χ2v) is 9.28. The van der Waals surface area contributed by atoms with Crippen LogP contribution >= 0.6 is 0 Å². The normalized spacial score (nSPS) is 14.0. The van der Waals surface area contributed by atoms with Crippen molar-refractivity contribution in [3.05, 3.63) is 88.7 Å². The van der Waals surface area contributed by atoms with E-state index in [1.807, 2.05) is 42.6 Å².